The van der Waals surface area contributed by atoms with E-state index in [1.54, 1.807) is 0 Å². The van der Waals surface area contributed by atoms with E-state index in [1.165, 1.54) is 25.7 Å². The third kappa shape index (κ3) is 1.39. The standard InChI is InChI=1S/C11H21N/c1-8(2)12-9(3)4-7-11(12)10-5-6-10/h8-11H,4-7H2,1-3H3. The van der Waals surface area contributed by atoms with E-state index in [9.17, 15) is 0 Å². The highest BCUT2D eigenvalue weighted by Gasteiger charge is 2.41. The number of nitrogens with zero attached hydrogens (tertiary/aromatic N) is 1. The van der Waals surface area contributed by atoms with E-state index >= 15 is 0 Å². The Labute approximate surface area is 76.1 Å². The summed E-state index contributed by atoms with van der Waals surface area (Å²) in [5.74, 6) is 1.07. The molecule has 2 unspecified atom stereocenters. The smallest absolute Gasteiger partial charge is 0.0130 e. The van der Waals surface area contributed by atoms with Crippen LogP contribution in [0.4, 0.5) is 0 Å². The van der Waals surface area contributed by atoms with Gasteiger partial charge in [-0.05, 0) is 52.4 Å². The van der Waals surface area contributed by atoms with Crippen LogP contribution >= 0.6 is 0 Å². The highest BCUT2D eigenvalue weighted by atomic mass is 15.2. The molecule has 70 valence electrons. The monoisotopic (exact) mass is 167 g/mol. The summed E-state index contributed by atoms with van der Waals surface area (Å²) in [4.78, 5) is 2.75. The van der Waals surface area contributed by atoms with Gasteiger partial charge < -0.3 is 0 Å². The predicted molar refractivity (Wildman–Crippen MR) is 52.2 cm³/mol. The van der Waals surface area contributed by atoms with Crippen LogP contribution in [-0.4, -0.2) is 23.0 Å². The van der Waals surface area contributed by atoms with Crippen LogP contribution in [0.15, 0.2) is 0 Å². The van der Waals surface area contributed by atoms with E-state index in [1.807, 2.05) is 0 Å². The maximum absolute atomic E-state index is 2.75. The van der Waals surface area contributed by atoms with Gasteiger partial charge in [0.25, 0.3) is 0 Å². The second-order valence-corrected chi connectivity index (χ2v) is 4.87. The van der Waals surface area contributed by atoms with Crippen molar-refractivity contribution in [3.05, 3.63) is 0 Å². The normalized spacial score (nSPS) is 38.0. The fraction of sp³-hybridized carbons (Fsp3) is 1.00. The van der Waals surface area contributed by atoms with Crippen molar-refractivity contribution >= 4 is 0 Å². The molecule has 1 aliphatic carbocycles. The Morgan fingerprint density at radius 2 is 1.75 bits per heavy atom. The van der Waals surface area contributed by atoms with Crippen LogP contribution < -0.4 is 0 Å². The van der Waals surface area contributed by atoms with Crippen molar-refractivity contribution in [2.24, 2.45) is 5.92 Å². The van der Waals surface area contributed by atoms with Gasteiger partial charge >= 0.3 is 0 Å². The number of likely N-dealkylation sites (tertiary alicyclic amines) is 1. The fourth-order valence-electron chi connectivity index (χ4n) is 2.89. The molecule has 2 atom stereocenters. The molecule has 1 saturated heterocycles. The maximum Gasteiger partial charge on any atom is 0.0130 e. The molecule has 0 spiro atoms. The summed E-state index contributed by atoms with van der Waals surface area (Å²) in [6.07, 6.45) is 5.89. The summed E-state index contributed by atoms with van der Waals surface area (Å²) < 4.78 is 0. The molecule has 12 heavy (non-hydrogen) atoms. The zero-order valence-corrected chi connectivity index (χ0v) is 8.59. The van der Waals surface area contributed by atoms with Crippen molar-refractivity contribution in [3.63, 3.8) is 0 Å². The lowest BCUT2D eigenvalue weighted by Crippen LogP contribution is -2.41. The van der Waals surface area contributed by atoms with Crippen molar-refractivity contribution < 1.29 is 0 Å². The average Bonchev–Trinajstić information content (AvgIpc) is 2.75. The molecule has 1 nitrogen and oxygen atoms in total. The van der Waals surface area contributed by atoms with Crippen molar-refractivity contribution in [3.8, 4) is 0 Å². The van der Waals surface area contributed by atoms with Gasteiger partial charge in [-0.1, -0.05) is 0 Å². The molecular weight excluding hydrogens is 146 g/mol. The lowest BCUT2D eigenvalue weighted by atomic mass is 10.1. The Balaban J connectivity index is 2.03. The highest BCUT2D eigenvalue weighted by Crippen LogP contribution is 2.42. The van der Waals surface area contributed by atoms with Crippen molar-refractivity contribution in [2.45, 2.75) is 64.6 Å². The summed E-state index contributed by atoms with van der Waals surface area (Å²) in [5, 5.41) is 0. The van der Waals surface area contributed by atoms with E-state index < -0.39 is 0 Å². The molecule has 1 aliphatic heterocycles. The van der Waals surface area contributed by atoms with E-state index in [0.29, 0.717) is 0 Å². The predicted octanol–water partition coefficient (Wildman–Crippen LogP) is 2.66. The first-order chi connectivity index (χ1) is 5.70. The molecular formula is C11H21N. The van der Waals surface area contributed by atoms with Gasteiger partial charge in [-0.3, -0.25) is 4.90 Å². The first-order valence-corrected chi connectivity index (χ1v) is 5.47. The van der Waals surface area contributed by atoms with Gasteiger partial charge in [0.05, 0.1) is 0 Å². The molecule has 1 saturated carbocycles. The van der Waals surface area contributed by atoms with E-state index in [2.05, 4.69) is 25.7 Å². The minimum atomic E-state index is 0.758. The van der Waals surface area contributed by atoms with Crippen LogP contribution in [0.3, 0.4) is 0 Å². The second-order valence-electron chi connectivity index (χ2n) is 4.87. The van der Waals surface area contributed by atoms with Gasteiger partial charge in [-0.2, -0.15) is 0 Å². The third-order valence-electron chi connectivity index (χ3n) is 3.53. The van der Waals surface area contributed by atoms with Gasteiger partial charge in [-0.25, -0.2) is 0 Å². The molecule has 0 bridgehead atoms. The van der Waals surface area contributed by atoms with Crippen LogP contribution in [0.1, 0.15) is 46.5 Å². The summed E-state index contributed by atoms with van der Waals surface area (Å²) in [7, 11) is 0. The average molecular weight is 167 g/mol. The third-order valence-corrected chi connectivity index (χ3v) is 3.53. The Morgan fingerprint density at radius 3 is 2.25 bits per heavy atom. The minimum absolute atomic E-state index is 0.758. The molecule has 0 aromatic rings. The van der Waals surface area contributed by atoms with Gasteiger partial charge in [0.15, 0.2) is 0 Å². The first kappa shape index (κ1) is 8.55. The summed E-state index contributed by atoms with van der Waals surface area (Å²) in [6, 6.07) is 2.55. The van der Waals surface area contributed by atoms with Gasteiger partial charge in [0, 0.05) is 18.1 Å². The van der Waals surface area contributed by atoms with E-state index in [-0.39, 0.29) is 0 Å². The number of hydrogen-bond acceptors (Lipinski definition) is 1. The van der Waals surface area contributed by atoms with Gasteiger partial charge in [-0.15, -0.1) is 0 Å². The van der Waals surface area contributed by atoms with Gasteiger partial charge in [0.2, 0.25) is 0 Å². The Bertz CT molecular complexity index is 160. The fourth-order valence-corrected chi connectivity index (χ4v) is 2.89. The van der Waals surface area contributed by atoms with Crippen LogP contribution in [-0.2, 0) is 0 Å². The zero-order valence-electron chi connectivity index (χ0n) is 8.59. The quantitative estimate of drug-likeness (QED) is 0.611. The summed E-state index contributed by atoms with van der Waals surface area (Å²) in [6.45, 7) is 7.08. The molecule has 0 aromatic carbocycles. The number of hydrogen-bond donors (Lipinski definition) is 0. The van der Waals surface area contributed by atoms with Crippen molar-refractivity contribution in [2.75, 3.05) is 0 Å². The molecule has 0 aromatic heterocycles. The molecule has 2 aliphatic rings. The summed E-state index contributed by atoms with van der Waals surface area (Å²) >= 11 is 0. The van der Waals surface area contributed by atoms with Crippen LogP contribution in [0.2, 0.25) is 0 Å². The molecule has 0 radical (unpaired) electrons. The van der Waals surface area contributed by atoms with Crippen molar-refractivity contribution in [1.82, 2.24) is 4.90 Å². The lowest BCUT2D eigenvalue weighted by molar-refractivity contribution is 0.143. The molecule has 1 heterocycles. The summed E-state index contributed by atoms with van der Waals surface area (Å²) in [5.41, 5.74) is 0. The largest absolute Gasteiger partial charge is 0.295 e. The molecule has 0 amide bonds. The Hall–Kier alpha value is -0.0400. The van der Waals surface area contributed by atoms with Crippen LogP contribution in [0, 0.1) is 5.92 Å². The lowest BCUT2D eigenvalue weighted by Gasteiger charge is -2.32. The zero-order chi connectivity index (χ0) is 8.72. The van der Waals surface area contributed by atoms with Crippen LogP contribution in [0.25, 0.3) is 0 Å². The maximum atomic E-state index is 2.75. The van der Waals surface area contributed by atoms with Crippen LogP contribution in [0.5, 0.6) is 0 Å². The Morgan fingerprint density at radius 1 is 1.08 bits per heavy atom. The van der Waals surface area contributed by atoms with E-state index in [0.717, 1.165) is 24.0 Å². The first-order valence-electron chi connectivity index (χ1n) is 5.47. The molecule has 1 heteroatoms. The molecule has 0 N–H and O–H groups in total. The number of rotatable bonds is 2. The highest BCUT2D eigenvalue weighted by molar-refractivity contribution is 4.96. The minimum Gasteiger partial charge on any atom is -0.295 e. The SMILES string of the molecule is CC(C)N1C(C)CCC1C1CC1. The Kier molecular flexibility index (Phi) is 2.16. The van der Waals surface area contributed by atoms with E-state index in [4.69, 9.17) is 0 Å². The topological polar surface area (TPSA) is 3.24 Å². The van der Waals surface area contributed by atoms with Crippen molar-refractivity contribution in [1.29, 1.82) is 0 Å². The van der Waals surface area contributed by atoms with Gasteiger partial charge in [0.1, 0.15) is 0 Å². The molecule has 2 fully saturated rings. The second kappa shape index (κ2) is 3.02. The molecule has 2 rings (SSSR count).